The van der Waals surface area contributed by atoms with Gasteiger partial charge in [0.2, 0.25) is 0 Å². The second-order valence-corrected chi connectivity index (χ2v) is 6.75. The van der Waals surface area contributed by atoms with Crippen molar-refractivity contribution >= 4 is 46.1 Å². The summed E-state index contributed by atoms with van der Waals surface area (Å²) >= 11 is 2.88. The fraction of sp³-hybridized carbons (Fsp3) is 0.167. The van der Waals surface area contributed by atoms with Gasteiger partial charge in [-0.25, -0.2) is 4.79 Å². The summed E-state index contributed by atoms with van der Waals surface area (Å²) in [7, 11) is 0. The third-order valence-electron chi connectivity index (χ3n) is 3.21. The van der Waals surface area contributed by atoms with Gasteiger partial charge in [-0.15, -0.1) is 23.1 Å². The Labute approximate surface area is 154 Å². The molecule has 25 heavy (non-hydrogen) atoms. The van der Waals surface area contributed by atoms with Crippen LogP contribution in [0.5, 0.6) is 0 Å². The highest BCUT2D eigenvalue weighted by atomic mass is 32.2. The van der Waals surface area contributed by atoms with Crippen molar-refractivity contribution < 1.29 is 14.3 Å². The topological polar surface area (TPSA) is 79.2 Å². The summed E-state index contributed by atoms with van der Waals surface area (Å²) in [5.74, 6) is -1.09. The van der Waals surface area contributed by atoms with E-state index in [4.69, 9.17) is 10.00 Å². The molecule has 0 aliphatic heterocycles. The highest BCUT2D eigenvalue weighted by molar-refractivity contribution is 7.98. The van der Waals surface area contributed by atoms with Crippen molar-refractivity contribution in [3.8, 4) is 6.07 Å². The fourth-order valence-electron chi connectivity index (χ4n) is 1.85. The number of esters is 1. The van der Waals surface area contributed by atoms with Crippen LogP contribution in [-0.4, -0.2) is 24.2 Å². The van der Waals surface area contributed by atoms with Gasteiger partial charge in [0, 0.05) is 11.0 Å². The number of nitrogens with one attached hydrogen (secondary N) is 1. The minimum atomic E-state index is -0.968. The quantitative estimate of drug-likeness (QED) is 0.472. The first kappa shape index (κ1) is 18.8. The number of nitrogens with zero attached hydrogens (tertiary/aromatic N) is 1. The molecule has 2 aromatic rings. The van der Waals surface area contributed by atoms with Crippen molar-refractivity contribution in [2.45, 2.75) is 17.9 Å². The van der Waals surface area contributed by atoms with E-state index < -0.39 is 18.0 Å². The molecule has 1 N–H and O–H groups in total. The summed E-state index contributed by atoms with van der Waals surface area (Å²) in [6.07, 6.45) is 3.93. The molecule has 1 heterocycles. The van der Waals surface area contributed by atoms with Crippen LogP contribution >= 0.6 is 23.1 Å². The van der Waals surface area contributed by atoms with Gasteiger partial charge in [-0.05, 0) is 48.4 Å². The van der Waals surface area contributed by atoms with Gasteiger partial charge in [-0.3, -0.25) is 4.79 Å². The van der Waals surface area contributed by atoms with Crippen LogP contribution in [0.3, 0.4) is 0 Å². The number of nitriles is 1. The van der Waals surface area contributed by atoms with E-state index in [2.05, 4.69) is 5.32 Å². The number of hydrogen-bond donors (Lipinski definition) is 1. The van der Waals surface area contributed by atoms with Crippen molar-refractivity contribution in [2.24, 2.45) is 0 Å². The average Bonchev–Trinajstić information content (AvgIpc) is 3.07. The zero-order valence-corrected chi connectivity index (χ0v) is 15.3. The summed E-state index contributed by atoms with van der Waals surface area (Å²) in [5, 5.41) is 13.7. The standard InChI is InChI=1S/C18H16N2O3S2/c1-12(17(22)20-18-14(11-19)9-10-25-18)23-16(21)8-5-13-3-6-15(24-2)7-4-13/h3-10,12H,1-2H3,(H,20,22)/b8-5+/t12-/m1/s1. The SMILES string of the molecule is CSc1ccc(/C=C/C(=O)O[C@H](C)C(=O)Nc2sccc2C#N)cc1. The van der Waals surface area contributed by atoms with Gasteiger partial charge in [0.1, 0.15) is 11.1 Å². The minimum Gasteiger partial charge on any atom is -0.449 e. The predicted octanol–water partition coefficient (Wildman–Crippen LogP) is 3.93. The first-order chi connectivity index (χ1) is 12.0. The second-order valence-electron chi connectivity index (χ2n) is 4.95. The zero-order chi connectivity index (χ0) is 18.2. The number of thioether (sulfide) groups is 1. The minimum absolute atomic E-state index is 0.380. The zero-order valence-electron chi connectivity index (χ0n) is 13.7. The summed E-state index contributed by atoms with van der Waals surface area (Å²) in [4.78, 5) is 25.0. The van der Waals surface area contributed by atoms with E-state index >= 15 is 0 Å². The van der Waals surface area contributed by atoms with Crippen LogP contribution in [0.1, 0.15) is 18.1 Å². The molecule has 0 aliphatic carbocycles. The molecule has 1 aromatic carbocycles. The molecule has 0 fully saturated rings. The Bertz CT molecular complexity index is 820. The molecule has 0 spiro atoms. The fourth-order valence-corrected chi connectivity index (χ4v) is 3.00. The maximum atomic E-state index is 12.0. The van der Waals surface area contributed by atoms with E-state index in [9.17, 15) is 9.59 Å². The lowest BCUT2D eigenvalue weighted by Gasteiger charge is -2.11. The van der Waals surface area contributed by atoms with Gasteiger partial charge in [-0.2, -0.15) is 5.26 Å². The normalized spacial score (nSPS) is 11.7. The Morgan fingerprint density at radius 1 is 1.32 bits per heavy atom. The van der Waals surface area contributed by atoms with Crippen molar-refractivity contribution in [1.82, 2.24) is 0 Å². The number of anilines is 1. The van der Waals surface area contributed by atoms with Crippen LogP contribution in [0.15, 0.2) is 46.7 Å². The molecule has 1 aromatic heterocycles. The van der Waals surface area contributed by atoms with Crippen LogP contribution < -0.4 is 5.32 Å². The smallest absolute Gasteiger partial charge is 0.331 e. The van der Waals surface area contributed by atoms with Crippen LogP contribution in [0.25, 0.3) is 6.08 Å². The van der Waals surface area contributed by atoms with Gasteiger partial charge in [0.25, 0.3) is 5.91 Å². The lowest BCUT2D eigenvalue weighted by atomic mass is 10.2. The van der Waals surface area contributed by atoms with Crippen LogP contribution in [0, 0.1) is 11.3 Å². The molecule has 0 unspecified atom stereocenters. The number of ether oxygens (including phenoxy) is 1. The van der Waals surface area contributed by atoms with Crippen molar-refractivity contribution in [3.05, 3.63) is 52.9 Å². The molecule has 128 valence electrons. The number of benzene rings is 1. The lowest BCUT2D eigenvalue weighted by molar-refractivity contribution is -0.148. The number of thiophene rings is 1. The summed E-state index contributed by atoms with van der Waals surface area (Å²) in [6.45, 7) is 1.48. The monoisotopic (exact) mass is 372 g/mol. The molecule has 1 amide bonds. The summed E-state index contributed by atoms with van der Waals surface area (Å²) in [6, 6.07) is 11.3. The van der Waals surface area contributed by atoms with E-state index in [1.165, 1.54) is 24.3 Å². The molecule has 5 nitrogen and oxygen atoms in total. The Kier molecular flexibility index (Phi) is 6.81. The van der Waals surface area contributed by atoms with Crippen molar-refractivity contribution in [3.63, 3.8) is 0 Å². The largest absolute Gasteiger partial charge is 0.449 e. The highest BCUT2D eigenvalue weighted by Gasteiger charge is 2.18. The molecule has 0 saturated carbocycles. The third-order valence-corrected chi connectivity index (χ3v) is 4.79. The van der Waals surface area contributed by atoms with Crippen molar-refractivity contribution in [1.29, 1.82) is 5.26 Å². The number of carbonyl (C=O) groups excluding carboxylic acids is 2. The average molecular weight is 372 g/mol. The van der Waals surface area contributed by atoms with Gasteiger partial charge in [-0.1, -0.05) is 12.1 Å². The van der Waals surface area contributed by atoms with Gasteiger partial charge in [0.15, 0.2) is 6.10 Å². The van der Waals surface area contributed by atoms with E-state index in [-0.39, 0.29) is 0 Å². The Morgan fingerprint density at radius 3 is 2.68 bits per heavy atom. The first-order valence-corrected chi connectivity index (χ1v) is 9.45. The summed E-state index contributed by atoms with van der Waals surface area (Å²) in [5.41, 5.74) is 1.24. The van der Waals surface area contributed by atoms with Gasteiger partial charge < -0.3 is 10.1 Å². The third kappa shape index (κ3) is 5.48. The van der Waals surface area contributed by atoms with Crippen LogP contribution in [0.4, 0.5) is 5.00 Å². The van der Waals surface area contributed by atoms with Crippen LogP contribution in [0.2, 0.25) is 0 Å². The number of carbonyl (C=O) groups is 2. The number of hydrogen-bond acceptors (Lipinski definition) is 6. The van der Waals surface area contributed by atoms with Crippen molar-refractivity contribution in [2.75, 3.05) is 11.6 Å². The maximum absolute atomic E-state index is 12.0. The Morgan fingerprint density at radius 2 is 2.04 bits per heavy atom. The predicted molar refractivity (Wildman–Crippen MR) is 100 cm³/mol. The second kappa shape index (κ2) is 9.06. The maximum Gasteiger partial charge on any atom is 0.331 e. The van der Waals surface area contributed by atoms with Gasteiger partial charge >= 0.3 is 5.97 Å². The van der Waals surface area contributed by atoms with E-state index in [0.717, 1.165) is 10.5 Å². The molecule has 1 atom stereocenters. The van der Waals surface area contributed by atoms with Crippen LogP contribution in [-0.2, 0) is 14.3 Å². The molecule has 0 radical (unpaired) electrons. The number of amides is 1. The number of rotatable bonds is 6. The molecular formula is C18H16N2O3S2. The molecule has 2 rings (SSSR count). The molecule has 0 aliphatic rings. The Balaban J connectivity index is 1.89. The van der Waals surface area contributed by atoms with E-state index in [0.29, 0.717) is 10.6 Å². The molecule has 0 saturated heterocycles. The molecule has 0 bridgehead atoms. The van der Waals surface area contributed by atoms with E-state index in [1.807, 2.05) is 36.6 Å². The Hall–Kier alpha value is -2.56. The first-order valence-electron chi connectivity index (χ1n) is 7.34. The highest BCUT2D eigenvalue weighted by Crippen LogP contribution is 2.22. The molecule has 7 heteroatoms. The molecular weight excluding hydrogens is 356 g/mol. The van der Waals surface area contributed by atoms with E-state index in [1.54, 1.807) is 29.3 Å². The lowest BCUT2D eigenvalue weighted by Crippen LogP contribution is -2.29. The van der Waals surface area contributed by atoms with Gasteiger partial charge in [0.05, 0.1) is 5.56 Å². The summed E-state index contributed by atoms with van der Waals surface area (Å²) < 4.78 is 5.08.